The zero-order chi connectivity index (χ0) is 28.5. The molecule has 0 bridgehead atoms. The second-order valence-electron chi connectivity index (χ2n) is 13.7. The van der Waals surface area contributed by atoms with Crippen LogP contribution in [0.2, 0.25) is 0 Å². The first-order valence-electron chi connectivity index (χ1n) is 14.5. The first-order valence-corrected chi connectivity index (χ1v) is 14.5. The van der Waals surface area contributed by atoms with Gasteiger partial charge >= 0.3 is 6.09 Å². The number of piperidine rings is 1. The monoisotopic (exact) mass is 537 g/mol. The lowest BCUT2D eigenvalue weighted by Crippen LogP contribution is -2.49. The van der Waals surface area contributed by atoms with Gasteiger partial charge < -0.3 is 19.5 Å². The van der Waals surface area contributed by atoms with Gasteiger partial charge in [0.1, 0.15) is 17.2 Å². The molecule has 1 saturated heterocycles. The molecule has 8 heteroatoms. The molecular formula is C31H47N5O3. The molecule has 0 radical (unpaired) electrons. The van der Waals surface area contributed by atoms with Gasteiger partial charge in [-0.3, -0.25) is 4.79 Å². The molecule has 214 valence electrons. The van der Waals surface area contributed by atoms with E-state index in [1.807, 2.05) is 46.8 Å². The summed E-state index contributed by atoms with van der Waals surface area (Å²) in [4.78, 5) is 28.6. The van der Waals surface area contributed by atoms with Crippen LogP contribution in [0.25, 0.3) is 0 Å². The lowest BCUT2D eigenvalue weighted by atomic mass is 9.83. The highest BCUT2D eigenvalue weighted by Crippen LogP contribution is 2.42. The van der Waals surface area contributed by atoms with E-state index in [1.165, 1.54) is 0 Å². The van der Waals surface area contributed by atoms with Crippen molar-refractivity contribution in [3.63, 3.8) is 0 Å². The molecule has 4 rings (SSSR count). The molecule has 2 aromatic rings. The highest BCUT2D eigenvalue weighted by molar-refractivity contribution is 5.94. The summed E-state index contributed by atoms with van der Waals surface area (Å²) in [6.45, 7) is 17.2. The topological polar surface area (TPSA) is 89.3 Å². The maximum Gasteiger partial charge on any atom is 0.410 e. The highest BCUT2D eigenvalue weighted by Gasteiger charge is 2.42. The quantitative estimate of drug-likeness (QED) is 0.431. The minimum absolute atomic E-state index is 0.0974. The number of anilines is 1. The van der Waals surface area contributed by atoms with Gasteiger partial charge in [-0.2, -0.15) is 0 Å². The largest absolute Gasteiger partial charge is 0.444 e. The number of hydrogen-bond donors (Lipinski definition) is 1. The first-order chi connectivity index (χ1) is 18.2. The van der Waals surface area contributed by atoms with Crippen LogP contribution < -0.4 is 5.32 Å². The van der Waals surface area contributed by atoms with Crippen LogP contribution in [-0.2, 0) is 16.0 Å². The summed E-state index contributed by atoms with van der Waals surface area (Å²) < 4.78 is 7.99. The molecule has 1 aliphatic heterocycles. The number of amides is 2. The number of hydrogen-bond acceptors (Lipinski definition) is 5. The summed E-state index contributed by atoms with van der Waals surface area (Å²) in [5, 5.41) is 12.5. The lowest BCUT2D eigenvalue weighted by Gasteiger charge is -2.38. The number of aryl methyl sites for hydroxylation is 3. The van der Waals surface area contributed by atoms with Crippen LogP contribution in [0.3, 0.4) is 0 Å². The molecule has 1 N–H and O–H groups in total. The number of nitrogens with one attached hydrogen (secondary N) is 1. The number of rotatable bonds is 7. The molecule has 8 nitrogen and oxygen atoms in total. The Bertz CT molecular complexity index is 1190. The van der Waals surface area contributed by atoms with Gasteiger partial charge in [0.2, 0.25) is 5.91 Å². The van der Waals surface area contributed by atoms with Crippen molar-refractivity contribution in [2.24, 2.45) is 11.3 Å². The molecule has 2 aliphatic rings. The summed E-state index contributed by atoms with van der Waals surface area (Å²) >= 11 is 0. The van der Waals surface area contributed by atoms with E-state index in [2.05, 4.69) is 41.8 Å². The Kier molecular flexibility index (Phi) is 8.43. The van der Waals surface area contributed by atoms with Crippen LogP contribution in [0.4, 0.5) is 10.5 Å². The Morgan fingerprint density at radius 2 is 1.77 bits per heavy atom. The van der Waals surface area contributed by atoms with Crippen LogP contribution in [0.1, 0.15) is 108 Å². The Balaban J connectivity index is 1.61. The standard InChI is InChI=1S/C31H47N5O3/c1-20-11-14-25(21(2)18-20)32-28(37)24-19-35(29(38)39-31(6,7)8)17-15-23(24)27-34-33-26(36(27)22-12-13-22)10-9-16-30(3,4)5/h11,14,18,22-24H,9-10,12-13,15-17,19H2,1-8H3,(H,32,37)/t23-,24-/m0/s1. The maximum atomic E-state index is 13.9. The molecule has 2 atom stereocenters. The number of aromatic nitrogens is 3. The van der Waals surface area contributed by atoms with Crippen molar-refractivity contribution in [2.45, 2.75) is 111 Å². The smallest absolute Gasteiger partial charge is 0.410 e. The Labute approximate surface area is 233 Å². The summed E-state index contributed by atoms with van der Waals surface area (Å²) in [7, 11) is 0. The van der Waals surface area contributed by atoms with E-state index in [0.717, 1.165) is 60.6 Å². The molecule has 1 aromatic carbocycles. The van der Waals surface area contributed by atoms with Gasteiger partial charge in [-0.1, -0.05) is 38.5 Å². The predicted octanol–water partition coefficient (Wildman–Crippen LogP) is 6.58. The molecule has 0 unspecified atom stereocenters. The predicted molar refractivity (Wildman–Crippen MR) is 154 cm³/mol. The van der Waals surface area contributed by atoms with Gasteiger partial charge in [0.05, 0.1) is 5.92 Å². The molecule has 39 heavy (non-hydrogen) atoms. The van der Waals surface area contributed by atoms with E-state index >= 15 is 0 Å². The normalized spacial score (nSPS) is 20.2. The fraction of sp³-hybridized carbons (Fsp3) is 0.677. The van der Waals surface area contributed by atoms with E-state index in [9.17, 15) is 9.59 Å². The summed E-state index contributed by atoms with van der Waals surface area (Å²) in [5.41, 5.74) is 2.64. The van der Waals surface area contributed by atoms with Gasteiger partial charge in [0.15, 0.2) is 0 Å². The molecule has 2 heterocycles. The Morgan fingerprint density at radius 3 is 2.38 bits per heavy atom. The molecule has 2 fully saturated rings. The summed E-state index contributed by atoms with van der Waals surface area (Å²) in [6, 6.07) is 6.42. The van der Waals surface area contributed by atoms with Crippen LogP contribution in [0.15, 0.2) is 18.2 Å². The molecule has 1 aliphatic carbocycles. The van der Waals surface area contributed by atoms with Crippen molar-refractivity contribution in [3.8, 4) is 0 Å². The van der Waals surface area contributed by atoms with E-state index in [1.54, 1.807) is 4.90 Å². The zero-order valence-corrected chi connectivity index (χ0v) is 25.1. The fourth-order valence-corrected chi connectivity index (χ4v) is 5.47. The lowest BCUT2D eigenvalue weighted by molar-refractivity contribution is -0.122. The van der Waals surface area contributed by atoms with Crippen molar-refractivity contribution >= 4 is 17.7 Å². The molecule has 1 aromatic heterocycles. The molecule has 1 saturated carbocycles. The van der Waals surface area contributed by atoms with Crippen molar-refractivity contribution in [3.05, 3.63) is 41.0 Å². The maximum absolute atomic E-state index is 13.9. The number of benzene rings is 1. The van der Waals surface area contributed by atoms with Crippen molar-refractivity contribution in [1.29, 1.82) is 0 Å². The third-order valence-electron chi connectivity index (χ3n) is 7.60. The second kappa shape index (κ2) is 11.3. The fourth-order valence-electron chi connectivity index (χ4n) is 5.47. The van der Waals surface area contributed by atoms with Crippen LogP contribution in [0.5, 0.6) is 0 Å². The third kappa shape index (κ3) is 7.61. The Hall–Kier alpha value is -2.90. The summed E-state index contributed by atoms with van der Waals surface area (Å²) in [5.74, 6) is 1.24. The number of likely N-dealkylation sites (tertiary alicyclic amines) is 1. The van der Waals surface area contributed by atoms with Gasteiger partial charge in [0, 0.05) is 37.2 Å². The van der Waals surface area contributed by atoms with Crippen molar-refractivity contribution in [1.82, 2.24) is 19.7 Å². The number of ether oxygens (including phenoxy) is 1. The van der Waals surface area contributed by atoms with E-state index in [4.69, 9.17) is 9.84 Å². The van der Waals surface area contributed by atoms with Gasteiger partial charge in [-0.25, -0.2) is 4.79 Å². The molecular weight excluding hydrogens is 490 g/mol. The third-order valence-corrected chi connectivity index (χ3v) is 7.60. The first kappa shape index (κ1) is 29.1. The number of nitrogens with zero attached hydrogens (tertiary/aromatic N) is 4. The van der Waals surface area contributed by atoms with Crippen LogP contribution in [0, 0.1) is 25.2 Å². The van der Waals surface area contributed by atoms with Gasteiger partial charge in [-0.15, -0.1) is 10.2 Å². The van der Waals surface area contributed by atoms with E-state index < -0.39 is 11.5 Å². The summed E-state index contributed by atoms with van der Waals surface area (Å²) in [6.07, 6.45) is 5.56. The second-order valence-corrected chi connectivity index (χ2v) is 13.7. The van der Waals surface area contributed by atoms with Crippen LogP contribution in [-0.4, -0.2) is 50.4 Å². The molecule has 0 spiro atoms. The van der Waals surface area contributed by atoms with Crippen molar-refractivity contribution < 1.29 is 14.3 Å². The highest BCUT2D eigenvalue weighted by atomic mass is 16.6. The van der Waals surface area contributed by atoms with Crippen LogP contribution >= 0.6 is 0 Å². The van der Waals surface area contributed by atoms with Crippen molar-refractivity contribution in [2.75, 3.05) is 18.4 Å². The van der Waals surface area contributed by atoms with Gasteiger partial charge in [-0.05, 0) is 83.8 Å². The van der Waals surface area contributed by atoms with E-state index in [-0.39, 0.29) is 29.9 Å². The molecule has 2 amide bonds. The zero-order valence-electron chi connectivity index (χ0n) is 25.1. The van der Waals surface area contributed by atoms with Gasteiger partial charge in [0.25, 0.3) is 0 Å². The number of carbonyl (C=O) groups excluding carboxylic acids is 2. The minimum Gasteiger partial charge on any atom is -0.444 e. The number of carbonyl (C=O) groups is 2. The minimum atomic E-state index is -0.598. The average Bonchev–Trinajstić information content (AvgIpc) is 3.58. The average molecular weight is 538 g/mol. The SMILES string of the molecule is Cc1ccc(NC(=O)[C@H]2CN(C(=O)OC(C)(C)C)CC[C@@H]2c2nnc(CCCC(C)(C)C)n2C2CC2)c(C)c1. The van der Waals surface area contributed by atoms with E-state index in [0.29, 0.717) is 19.0 Å². The Morgan fingerprint density at radius 1 is 1.05 bits per heavy atom.